The molecule has 0 aliphatic rings. The highest BCUT2D eigenvalue weighted by molar-refractivity contribution is 7.92. The number of benzene rings is 2. The van der Waals surface area contributed by atoms with E-state index in [1.165, 1.54) is 29.6 Å². The zero-order valence-electron chi connectivity index (χ0n) is 15.5. The number of hydrogen-bond acceptors (Lipinski definition) is 4. The van der Waals surface area contributed by atoms with Crippen molar-refractivity contribution in [3.8, 4) is 0 Å². The van der Waals surface area contributed by atoms with Gasteiger partial charge in [0.1, 0.15) is 0 Å². The number of sulfonamides is 1. The fraction of sp³-hybridized carbons (Fsp3) is 0.263. The predicted octanol–water partition coefficient (Wildman–Crippen LogP) is 2.34. The summed E-state index contributed by atoms with van der Waals surface area (Å²) in [5.41, 5.74) is 0.431. The Hall–Kier alpha value is -2.87. The number of aromatic amines is 2. The van der Waals surface area contributed by atoms with Crippen LogP contribution in [0.4, 0.5) is 5.69 Å². The molecular formula is C19H21N3O4S. The van der Waals surface area contributed by atoms with Crippen molar-refractivity contribution in [1.82, 2.24) is 9.97 Å². The molecule has 0 saturated carbocycles. The molecule has 27 heavy (non-hydrogen) atoms. The van der Waals surface area contributed by atoms with E-state index < -0.39 is 21.1 Å². The molecule has 0 aliphatic heterocycles. The lowest BCUT2D eigenvalue weighted by molar-refractivity contribution is 0.588. The average molecular weight is 387 g/mol. The van der Waals surface area contributed by atoms with Crippen LogP contribution in [0.25, 0.3) is 11.0 Å². The summed E-state index contributed by atoms with van der Waals surface area (Å²) in [6.45, 7) is 6.17. The molecule has 1 aromatic heterocycles. The smallest absolute Gasteiger partial charge is 0.314 e. The van der Waals surface area contributed by atoms with E-state index in [0.717, 1.165) is 5.56 Å². The molecule has 0 radical (unpaired) electrons. The molecule has 0 saturated heterocycles. The van der Waals surface area contributed by atoms with E-state index in [0.29, 0.717) is 11.2 Å². The largest absolute Gasteiger partial charge is 0.316 e. The van der Waals surface area contributed by atoms with Gasteiger partial charge in [0.05, 0.1) is 21.6 Å². The molecule has 2 N–H and O–H groups in total. The first-order valence-electron chi connectivity index (χ1n) is 8.36. The molecule has 0 unspecified atom stereocenters. The van der Waals surface area contributed by atoms with E-state index in [-0.39, 0.29) is 15.8 Å². The van der Waals surface area contributed by atoms with E-state index in [1.54, 1.807) is 6.07 Å². The minimum absolute atomic E-state index is 0.0151. The highest BCUT2D eigenvalue weighted by Crippen LogP contribution is 2.29. The first kappa shape index (κ1) is 18.9. The van der Waals surface area contributed by atoms with Crippen LogP contribution in [0.2, 0.25) is 0 Å². The Kier molecular flexibility index (Phi) is 4.47. The average Bonchev–Trinajstić information content (AvgIpc) is 2.61. The van der Waals surface area contributed by atoms with E-state index >= 15 is 0 Å². The van der Waals surface area contributed by atoms with Crippen molar-refractivity contribution in [3.05, 3.63) is 68.7 Å². The van der Waals surface area contributed by atoms with Crippen LogP contribution in [0.15, 0.2) is 56.9 Å². The van der Waals surface area contributed by atoms with Crippen LogP contribution in [0, 0.1) is 0 Å². The topological polar surface area (TPSA) is 103 Å². The SMILES string of the molecule is CN(c1cccc(C(C)(C)C)c1)S(=O)(=O)c1ccc2[nH]c(=O)c(=O)[nH]c2c1. The summed E-state index contributed by atoms with van der Waals surface area (Å²) in [7, 11) is -2.37. The maximum atomic E-state index is 13.1. The summed E-state index contributed by atoms with van der Waals surface area (Å²) in [6.07, 6.45) is 0. The van der Waals surface area contributed by atoms with Gasteiger partial charge in [0.25, 0.3) is 10.0 Å². The van der Waals surface area contributed by atoms with Gasteiger partial charge >= 0.3 is 11.1 Å². The number of anilines is 1. The molecule has 0 spiro atoms. The second-order valence-corrected chi connectivity index (χ2v) is 9.36. The number of aromatic nitrogens is 2. The summed E-state index contributed by atoms with van der Waals surface area (Å²) in [6, 6.07) is 11.6. The molecule has 3 aromatic rings. The second kappa shape index (κ2) is 6.38. The number of nitrogens with zero attached hydrogens (tertiary/aromatic N) is 1. The zero-order chi connectivity index (χ0) is 20.0. The van der Waals surface area contributed by atoms with Gasteiger partial charge in [-0.05, 0) is 41.3 Å². The fourth-order valence-corrected chi connectivity index (χ4v) is 3.93. The standard InChI is InChI=1S/C19H21N3O4S/c1-19(2,3)12-6-5-7-13(10-12)22(4)27(25,26)14-8-9-15-16(11-14)21-18(24)17(23)20-15/h5-11H,1-4H3,(H,20,23)(H,21,24). The van der Waals surface area contributed by atoms with E-state index in [1.807, 2.05) is 18.2 Å². The molecular weight excluding hydrogens is 366 g/mol. The Morgan fingerprint density at radius 3 is 2.15 bits per heavy atom. The van der Waals surface area contributed by atoms with Crippen molar-refractivity contribution in [3.63, 3.8) is 0 Å². The summed E-state index contributed by atoms with van der Waals surface area (Å²) in [4.78, 5) is 27.7. The summed E-state index contributed by atoms with van der Waals surface area (Å²) in [5, 5.41) is 0. The van der Waals surface area contributed by atoms with Gasteiger partial charge in [0.2, 0.25) is 0 Å². The molecule has 1 heterocycles. The molecule has 0 aliphatic carbocycles. The Morgan fingerprint density at radius 1 is 0.889 bits per heavy atom. The van der Waals surface area contributed by atoms with Gasteiger partial charge in [-0.1, -0.05) is 32.9 Å². The lowest BCUT2D eigenvalue weighted by Gasteiger charge is -2.24. The summed E-state index contributed by atoms with van der Waals surface area (Å²) >= 11 is 0. The number of fused-ring (bicyclic) bond motifs is 1. The predicted molar refractivity (Wildman–Crippen MR) is 106 cm³/mol. The molecule has 0 atom stereocenters. The normalized spacial score (nSPS) is 12.3. The van der Waals surface area contributed by atoms with Crippen molar-refractivity contribution in [2.45, 2.75) is 31.1 Å². The van der Waals surface area contributed by atoms with Crippen molar-refractivity contribution >= 4 is 26.7 Å². The molecule has 7 nitrogen and oxygen atoms in total. The second-order valence-electron chi connectivity index (χ2n) is 7.39. The molecule has 8 heteroatoms. The van der Waals surface area contributed by atoms with Crippen molar-refractivity contribution in [2.24, 2.45) is 0 Å². The van der Waals surface area contributed by atoms with Crippen LogP contribution < -0.4 is 15.4 Å². The maximum absolute atomic E-state index is 13.1. The fourth-order valence-electron chi connectivity index (χ4n) is 2.72. The van der Waals surface area contributed by atoms with Crippen LogP contribution in [0.1, 0.15) is 26.3 Å². The van der Waals surface area contributed by atoms with Crippen molar-refractivity contribution in [1.29, 1.82) is 0 Å². The first-order valence-corrected chi connectivity index (χ1v) is 9.80. The monoisotopic (exact) mass is 387 g/mol. The van der Waals surface area contributed by atoms with Gasteiger partial charge in [-0.3, -0.25) is 13.9 Å². The van der Waals surface area contributed by atoms with Crippen LogP contribution in [-0.4, -0.2) is 25.4 Å². The molecule has 0 fully saturated rings. The van der Waals surface area contributed by atoms with Gasteiger partial charge < -0.3 is 9.97 Å². The molecule has 0 amide bonds. The third-order valence-electron chi connectivity index (χ3n) is 4.43. The molecule has 142 valence electrons. The van der Waals surface area contributed by atoms with Gasteiger partial charge in [-0.15, -0.1) is 0 Å². The lowest BCUT2D eigenvalue weighted by Crippen LogP contribution is -2.29. The minimum Gasteiger partial charge on any atom is -0.316 e. The lowest BCUT2D eigenvalue weighted by atomic mass is 9.87. The van der Waals surface area contributed by atoms with E-state index in [2.05, 4.69) is 30.7 Å². The van der Waals surface area contributed by atoms with Crippen LogP contribution >= 0.6 is 0 Å². The number of H-pyrrole nitrogens is 2. The summed E-state index contributed by atoms with van der Waals surface area (Å²) < 4.78 is 27.3. The highest BCUT2D eigenvalue weighted by Gasteiger charge is 2.23. The quantitative estimate of drug-likeness (QED) is 0.673. The number of hydrogen-bond donors (Lipinski definition) is 2. The Labute approximate surface area is 156 Å². The van der Waals surface area contributed by atoms with Gasteiger partial charge in [-0.25, -0.2) is 8.42 Å². The molecule has 0 bridgehead atoms. The van der Waals surface area contributed by atoms with Crippen molar-refractivity contribution < 1.29 is 8.42 Å². The number of nitrogens with one attached hydrogen (secondary N) is 2. The Morgan fingerprint density at radius 2 is 1.52 bits per heavy atom. The van der Waals surface area contributed by atoms with Crippen LogP contribution in [0.3, 0.4) is 0 Å². The third-order valence-corrected chi connectivity index (χ3v) is 6.21. The third kappa shape index (κ3) is 3.52. The van der Waals surface area contributed by atoms with Crippen LogP contribution in [0.5, 0.6) is 0 Å². The van der Waals surface area contributed by atoms with E-state index in [9.17, 15) is 18.0 Å². The first-order chi connectivity index (χ1) is 12.5. The van der Waals surface area contributed by atoms with E-state index in [4.69, 9.17) is 0 Å². The maximum Gasteiger partial charge on any atom is 0.314 e. The number of rotatable bonds is 3. The van der Waals surface area contributed by atoms with Gasteiger partial charge in [0.15, 0.2) is 0 Å². The minimum atomic E-state index is -3.85. The van der Waals surface area contributed by atoms with Gasteiger partial charge in [0, 0.05) is 7.05 Å². The zero-order valence-corrected chi connectivity index (χ0v) is 16.3. The molecule has 3 rings (SSSR count). The highest BCUT2D eigenvalue weighted by atomic mass is 32.2. The summed E-state index contributed by atoms with van der Waals surface area (Å²) in [5.74, 6) is 0. The van der Waals surface area contributed by atoms with Crippen molar-refractivity contribution in [2.75, 3.05) is 11.4 Å². The molecule has 2 aromatic carbocycles. The Balaban J connectivity index is 2.08. The van der Waals surface area contributed by atoms with Crippen LogP contribution in [-0.2, 0) is 15.4 Å². The van der Waals surface area contributed by atoms with Gasteiger partial charge in [-0.2, -0.15) is 0 Å². The Bertz CT molecular complexity index is 1230.